The van der Waals surface area contributed by atoms with Crippen LogP contribution >= 0.6 is 11.3 Å². The number of thiophene rings is 1. The molecule has 0 amide bonds. The highest BCUT2D eigenvalue weighted by Crippen LogP contribution is 2.45. The van der Waals surface area contributed by atoms with Gasteiger partial charge in [0.2, 0.25) is 0 Å². The standard InChI is InChI=1S/C17H28N2S/c1-2-6-17(5-1)7-11-19(12-8-17)13-10-18-9-3-16-4-14-20-15-16/h4,14-15,18H,1-3,5-13H2. The Balaban J connectivity index is 1.26. The third-order valence-electron chi connectivity index (χ3n) is 5.36. The highest BCUT2D eigenvalue weighted by Gasteiger charge is 2.36. The SMILES string of the molecule is c1cc(CCNCCN2CCC3(CCCC3)CC2)cs1. The molecule has 1 saturated carbocycles. The van der Waals surface area contributed by atoms with Crippen LogP contribution in [0.1, 0.15) is 44.1 Å². The van der Waals surface area contributed by atoms with E-state index in [1.165, 1.54) is 70.1 Å². The third-order valence-corrected chi connectivity index (χ3v) is 6.09. The van der Waals surface area contributed by atoms with Gasteiger partial charge in [0, 0.05) is 13.1 Å². The fourth-order valence-corrected chi connectivity index (χ4v) is 4.61. The van der Waals surface area contributed by atoms with Gasteiger partial charge in [-0.1, -0.05) is 12.8 Å². The van der Waals surface area contributed by atoms with Crippen molar-refractivity contribution in [3.05, 3.63) is 22.4 Å². The van der Waals surface area contributed by atoms with Crippen molar-refractivity contribution in [3.8, 4) is 0 Å². The highest BCUT2D eigenvalue weighted by molar-refractivity contribution is 7.07. The summed E-state index contributed by atoms with van der Waals surface area (Å²) in [5.41, 5.74) is 2.24. The maximum atomic E-state index is 3.59. The number of hydrogen-bond donors (Lipinski definition) is 1. The first-order chi connectivity index (χ1) is 9.86. The Morgan fingerprint density at radius 3 is 2.60 bits per heavy atom. The van der Waals surface area contributed by atoms with Crippen LogP contribution in [0.2, 0.25) is 0 Å². The van der Waals surface area contributed by atoms with Gasteiger partial charge in [-0.15, -0.1) is 0 Å². The molecule has 0 aromatic carbocycles. The summed E-state index contributed by atoms with van der Waals surface area (Å²) < 4.78 is 0. The van der Waals surface area contributed by atoms with Crippen molar-refractivity contribution in [1.29, 1.82) is 0 Å². The second kappa shape index (κ2) is 7.06. The van der Waals surface area contributed by atoms with Crippen molar-refractivity contribution >= 4 is 11.3 Å². The first-order valence-corrected chi connectivity index (χ1v) is 9.25. The minimum Gasteiger partial charge on any atom is -0.315 e. The van der Waals surface area contributed by atoms with E-state index < -0.39 is 0 Å². The molecule has 1 saturated heterocycles. The van der Waals surface area contributed by atoms with Crippen LogP contribution in [-0.2, 0) is 6.42 Å². The second-order valence-corrected chi connectivity index (χ2v) is 7.46. The van der Waals surface area contributed by atoms with Gasteiger partial charge in [0.25, 0.3) is 0 Å². The van der Waals surface area contributed by atoms with Crippen molar-refractivity contribution in [1.82, 2.24) is 10.2 Å². The lowest BCUT2D eigenvalue weighted by atomic mass is 9.77. The number of nitrogens with one attached hydrogen (secondary N) is 1. The molecule has 1 aromatic heterocycles. The molecule has 1 aromatic rings. The summed E-state index contributed by atoms with van der Waals surface area (Å²) in [5.74, 6) is 0. The maximum absolute atomic E-state index is 3.59. The van der Waals surface area contributed by atoms with Crippen LogP contribution < -0.4 is 5.32 Å². The quantitative estimate of drug-likeness (QED) is 0.807. The summed E-state index contributed by atoms with van der Waals surface area (Å²) >= 11 is 1.80. The summed E-state index contributed by atoms with van der Waals surface area (Å²) in [6.07, 6.45) is 10.1. The van der Waals surface area contributed by atoms with E-state index >= 15 is 0 Å². The number of likely N-dealkylation sites (tertiary alicyclic amines) is 1. The maximum Gasteiger partial charge on any atom is 0.0107 e. The molecule has 1 N–H and O–H groups in total. The number of rotatable bonds is 6. The zero-order chi connectivity index (χ0) is 13.7. The van der Waals surface area contributed by atoms with E-state index in [1.54, 1.807) is 11.3 Å². The summed E-state index contributed by atoms with van der Waals surface area (Å²) in [4.78, 5) is 2.67. The molecule has 0 unspecified atom stereocenters. The minimum absolute atomic E-state index is 0.767. The molecule has 1 spiro atoms. The van der Waals surface area contributed by atoms with Gasteiger partial charge in [0.15, 0.2) is 0 Å². The molecule has 112 valence electrons. The van der Waals surface area contributed by atoms with Crippen molar-refractivity contribution in [2.75, 3.05) is 32.7 Å². The van der Waals surface area contributed by atoms with Crippen LogP contribution in [0.25, 0.3) is 0 Å². The van der Waals surface area contributed by atoms with E-state index in [0.29, 0.717) is 0 Å². The lowest BCUT2D eigenvalue weighted by Crippen LogP contribution is -2.42. The summed E-state index contributed by atoms with van der Waals surface area (Å²) in [5, 5.41) is 8.02. The summed E-state index contributed by atoms with van der Waals surface area (Å²) in [6, 6.07) is 2.23. The van der Waals surface area contributed by atoms with Crippen LogP contribution in [0.4, 0.5) is 0 Å². The van der Waals surface area contributed by atoms with Gasteiger partial charge < -0.3 is 10.2 Å². The van der Waals surface area contributed by atoms with Gasteiger partial charge in [-0.05, 0) is 79.5 Å². The van der Waals surface area contributed by atoms with Gasteiger partial charge >= 0.3 is 0 Å². The minimum atomic E-state index is 0.767. The van der Waals surface area contributed by atoms with Crippen molar-refractivity contribution in [2.45, 2.75) is 44.9 Å². The molecule has 2 heterocycles. The largest absolute Gasteiger partial charge is 0.315 e. The lowest BCUT2D eigenvalue weighted by Gasteiger charge is -2.39. The number of hydrogen-bond acceptors (Lipinski definition) is 3. The fourth-order valence-electron chi connectivity index (χ4n) is 3.91. The van der Waals surface area contributed by atoms with Crippen LogP contribution in [-0.4, -0.2) is 37.6 Å². The van der Waals surface area contributed by atoms with Gasteiger partial charge in [-0.2, -0.15) is 11.3 Å². The zero-order valence-electron chi connectivity index (χ0n) is 12.6. The molecule has 1 aliphatic carbocycles. The van der Waals surface area contributed by atoms with Crippen LogP contribution in [0, 0.1) is 5.41 Å². The molecule has 1 aliphatic heterocycles. The monoisotopic (exact) mass is 292 g/mol. The Bertz CT molecular complexity index is 372. The Morgan fingerprint density at radius 2 is 1.90 bits per heavy atom. The van der Waals surface area contributed by atoms with Gasteiger partial charge in [-0.25, -0.2) is 0 Å². The molecule has 2 aliphatic rings. The fraction of sp³-hybridized carbons (Fsp3) is 0.765. The Hall–Kier alpha value is -0.380. The van der Waals surface area contributed by atoms with E-state index in [0.717, 1.165) is 18.5 Å². The first kappa shape index (κ1) is 14.6. The van der Waals surface area contributed by atoms with E-state index in [-0.39, 0.29) is 0 Å². The zero-order valence-corrected chi connectivity index (χ0v) is 13.4. The average Bonchev–Trinajstić information content (AvgIpc) is 3.13. The topological polar surface area (TPSA) is 15.3 Å². The molecule has 3 rings (SSSR count). The smallest absolute Gasteiger partial charge is 0.0107 e. The number of piperidine rings is 1. The molecule has 0 radical (unpaired) electrons. The third kappa shape index (κ3) is 3.84. The lowest BCUT2D eigenvalue weighted by molar-refractivity contribution is 0.109. The van der Waals surface area contributed by atoms with E-state index in [9.17, 15) is 0 Å². The van der Waals surface area contributed by atoms with Crippen molar-refractivity contribution < 1.29 is 0 Å². The van der Waals surface area contributed by atoms with Crippen molar-refractivity contribution in [3.63, 3.8) is 0 Å². The number of nitrogens with zero attached hydrogens (tertiary/aromatic N) is 1. The summed E-state index contributed by atoms with van der Waals surface area (Å²) in [6.45, 7) is 6.18. The molecular formula is C17H28N2S. The van der Waals surface area contributed by atoms with E-state index in [2.05, 4.69) is 27.0 Å². The molecule has 2 nitrogen and oxygen atoms in total. The van der Waals surface area contributed by atoms with E-state index in [1.807, 2.05) is 0 Å². The van der Waals surface area contributed by atoms with Gasteiger partial charge in [0.05, 0.1) is 0 Å². The van der Waals surface area contributed by atoms with E-state index in [4.69, 9.17) is 0 Å². The average molecular weight is 292 g/mol. The molecule has 20 heavy (non-hydrogen) atoms. The molecular weight excluding hydrogens is 264 g/mol. The normalized spacial score (nSPS) is 22.6. The molecule has 2 fully saturated rings. The van der Waals surface area contributed by atoms with Crippen LogP contribution in [0.3, 0.4) is 0 Å². The molecule has 3 heteroatoms. The predicted molar refractivity (Wildman–Crippen MR) is 87.5 cm³/mol. The van der Waals surface area contributed by atoms with Gasteiger partial charge in [-0.3, -0.25) is 0 Å². The van der Waals surface area contributed by atoms with Crippen LogP contribution in [0.15, 0.2) is 16.8 Å². The van der Waals surface area contributed by atoms with Gasteiger partial charge in [0.1, 0.15) is 0 Å². The van der Waals surface area contributed by atoms with Crippen LogP contribution in [0.5, 0.6) is 0 Å². The Kier molecular flexibility index (Phi) is 5.14. The molecule has 0 bridgehead atoms. The highest BCUT2D eigenvalue weighted by atomic mass is 32.1. The molecule has 0 atom stereocenters. The second-order valence-electron chi connectivity index (χ2n) is 6.68. The first-order valence-electron chi connectivity index (χ1n) is 8.31. The van der Waals surface area contributed by atoms with Crippen molar-refractivity contribution in [2.24, 2.45) is 5.41 Å². The summed E-state index contributed by atoms with van der Waals surface area (Å²) in [7, 11) is 0. The predicted octanol–water partition coefficient (Wildman–Crippen LogP) is 3.54. The Morgan fingerprint density at radius 1 is 1.10 bits per heavy atom. The Labute approximate surface area is 127 Å².